The van der Waals surface area contributed by atoms with Gasteiger partial charge in [-0.25, -0.2) is 4.98 Å². The molecule has 5 heteroatoms. The number of aromatic nitrogens is 2. The molecule has 2 aromatic heterocycles. The highest BCUT2D eigenvalue weighted by atomic mass is 32.1. The molecule has 31 heavy (non-hydrogen) atoms. The second-order valence-electron chi connectivity index (χ2n) is 7.82. The molecule has 154 valence electrons. The summed E-state index contributed by atoms with van der Waals surface area (Å²) in [5.74, 6) is 0.773. The number of hydrogen-bond acceptors (Lipinski definition) is 4. The van der Waals surface area contributed by atoms with E-state index in [1.165, 1.54) is 26.8 Å². The van der Waals surface area contributed by atoms with E-state index in [1.54, 1.807) is 11.3 Å². The van der Waals surface area contributed by atoms with Gasteiger partial charge in [0, 0.05) is 16.0 Å². The van der Waals surface area contributed by atoms with Gasteiger partial charge in [-0.2, -0.15) is 0 Å². The number of carbonyl (C=O) groups excluding carboxylic acids is 1. The van der Waals surface area contributed by atoms with E-state index < -0.39 is 0 Å². The van der Waals surface area contributed by atoms with Crippen LogP contribution in [0.1, 0.15) is 34.0 Å². The van der Waals surface area contributed by atoms with Gasteiger partial charge in [0.2, 0.25) is 5.95 Å². The number of aryl methyl sites for hydroxylation is 2. The van der Waals surface area contributed by atoms with Gasteiger partial charge >= 0.3 is 0 Å². The first-order valence-electron chi connectivity index (χ1n) is 10.4. The molecule has 0 bridgehead atoms. The summed E-state index contributed by atoms with van der Waals surface area (Å²) in [5, 5.41) is 7.01. The van der Waals surface area contributed by atoms with Gasteiger partial charge in [-0.1, -0.05) is 36.8 Å². The van der Waals surface area contributed by atoms with Crippen molar-refractivity contribution >= 4 is 50.4 Å². The second-order valence-corrected chi connectivity index (χ2v) is 8.73. The Bertz CT molecular complexity index is 1400. The van der Waals surface area contributed by atoms with Crippen molar-refractivity contribution in [3.05, 3.63) is 88.3 Å². The van der Waals surface area contributed by atoms with Gasteiger partial charge in [-0.3, -0.25) is 4.79 Å². The molecule has 0 radical (unpaired) electrons. The maximum atomic E-state index is 11.3. The van der Waals surface area contributed by atoms with E-state index in [1.807, 2.05) is 18.2 Å². The van der Waals surface area contributed by atoms with Gasteiger partial charge in [0.15, 0.2) is 0 Å². The molecule has 0 saturated carbocycles. The molecule has 0 aliphatic rings. The monoisotopic (exact) mass is 425 g/mol. The summed E-state index contributed by atoms with van der Waals surface area (Å²) in [6.45, 7) is 4.98. The largest absolute Gasteiger partial charge is 0.326 e. The Hall–Kier alpha value is -3.44. The number of carbonyl (C=O) groups is 1. The van der Waals surface area contributed by atoms with E-state index >= 15 is 0 Å². The summed E-state index contributed by atoms with van der Waals surface area (Å²) in [6.07, 6.45) is 1.88. The summed E-state index contributed by atoms with van der Waals surface area (Å²) in [5.41, 5.74) is 7.27. The maximum absolute atomic E-state index is 11.3. The lowest BCUT2D eigenvalue weighted by atomic mass is 10.1. The number of thiophene rings is 1. The lowest BCUT2D eigenvalue weighted by Crippen LogP contribution is -2.05. The molecule has 0 aliphatic carbocycles. The van der Waals surface area contributed by atoms with Crippen LogP contribution in [-0.2, 0) is 13.0 Å². The Morgan fingerprint density at radius 2 is 1.90 bits per heavy atom. The number of hydrogen-bond donors (Lipinski definition) is 1. The fraction of sp³-hybridized carbons (Fsp3) is 0.154. The van der Waals surface area contributed by atoms with Crippen LogP contribution >= 0.6 is 11.3 Å². The van der Waals surface area contributed by atoms with Crippen molar-refractivity contribution in [1.82, 2.24) is 9.55 Å². The van der Waals surface area contributed by atoms with E-state index in [0.717, 1.165) is 35.4 Å². The summed E-state index contributed by atoms with van der Waals surface area (Å²) < 4.78 is 3.49. The average molecular weight is 426 g/mol. The van der Waals surface area contributed by atoms with Crippen molar-refractivity contribution in [2.45, 2.75) is 26.8 Å². The summed E-state index contributed by atoms with van der Waals surface area (Å²) >= 11 is 1.77. The lowest BCUT2D eigenvalue weighted by molar-refractivity contribution is 0.112. The second kappa shape index (κ2) is 8.00. The van der Waals surface area contributed by atoms with Crippen molar-refractivity contribution in [2.75, 3.05) is 5.32 Å². The van der Waals surface area contributed by atoms with Crippen LogP contribution in [0.3, 0.4) is 0 Å². The first-order valence-corrected chi connectivity index (χ1v) is 11.3. The minimum Gasteiger partial charge on any atom is -0.326 e. The third kappa shape index (κ3) is 3.73. The van der Waals surface area contributed by atoms with E-state index in [4.69, 9.17) is 4.98 Å². The normalized spacial score (nSPS) is 11.3. The van der Waals surface area contributed by atoms with E-state index in [2.05, 4.69) is 71.6 Å². The molecule has 4 nitrogen and oxygen atoms in total. The standard InChI is InChI=1S/C26H23N3OS/c1-3-18-5-8-21(9-6-18)27-26-28-23-13-19(15-30)7-10-24(23)29(26)14-20-16-31-25-11-4-17(2)12-22(20)25/h4-13,15-16H,3,14H2,1-2H3,(H,27,28). The zero-order valence-corrected chi connectivity index (χ0v) is 18.4. The van der Waals surface area contributed by atoms with Crippen molar-refractivity contribution in [3.8, 4) is 0 Å². The Labute approximate surface area is 185 Å². The Kier molecular flexibility index (Phi) is 5.04. The highest BCUT2D eigenvalue weighted by Gasteiger charge is 2.14. The first-order chi connectivity index (χ1) is 15.1. The average Bonchev–Trinajstić information content (AvgIpc) is 3.35. The Morgan fingerprint density at radius 1 is 1.06 bits per heavy atom. The van der Waals surface area contributed by atoms with Crippen LogP contribution in [0.5, 0.6) is 0 Å². The molecule has 0 unspecified atom stereocenters. The number of nitrogens with zero attached hydrogens (tertiary/aromatic N) is 2. The molecular weight excluding hydrogens is 402 g/mol. The quantitative estimate of drug-likeness (QED) is 0.307. The van der Waals surface area contributed by atoms with Crippen LogP contribution in [0.15, 0.2) is 66.0 Å². The Balaban J connectivity index is 1.60. The smallest absolute Gasteiger partial charge is 0.208 e. The van der Waals surface area contributed by atoms with Crippen LogP contribution in [0, 0.1) is 6.92 Å². The lowest BCUT2D eigenvalue weighted by Gasteiger charge is -2.11. The number of benzene rings is 3. The summed E-state index contributed by atoms with van der Waals surface area (Å²) in [7, 11) is 0. The molecule has 0 fully saturated rings. The third-order valence-corrected chi connectivity index (χ3v) is 6.68. The van der Waals surface area contributed by atoms with Crippen LogP contribution in [-0.4, -0.2) is 15.8 Å². The Morgan fingerprint density at radius 3 is 2.68 bits per heavy atom. The van der Waals surface area contributed by atoms with Crippen molar-refractivity contribution in [2.24, 2.45) is 0 Å². The van der Waals surface area contributed by atoms with Crippen molar-refractivity contribution in [3.63, 3.8) is 0 Å². The molecule has 2 heterocycles. The summed E-state index contributed by atoms with van der Waals surface area (Å²) in [6, 6.07) is 20.7. The molecule has 0 aliphatic heterocycles. The molecule has 0 atom stereocenters. The zero-order valence-electron chi connectivity index (χ0n) is 17.6. The summed E-state index contributed by atoms with van der Waals surface area (Å²) in [4.78, 5) is 16.1. The number of imidazole rings is 1. The topological polar surface area (TPSA) is 46.9 Å². The minimum atomic E-state index is 0.632. The number of rotatable bonds is 6. The molecule has 1 N–H and O–H groups in total. The molecule has 5 rings (SSSR count). The fourth-order valence-electron chi connectivity index (χ4n) is 3.92. The van der Waals surface area contributed by atoms with Gasteiger partial charge in [0.1, 0.15) is 6.29 Å². The number of aldehydes is 1. The van der Waals surface area contributed by atoms with Crippen LogP contribution < -0.4 is 5.32 Å². The number of fused-ring (bicyclic) bond motifs is 2. The predicted octanol–water partition coefficient (Wildman–Crippen LogP) is 6.73. The highest BCUT2D eigenvalue weighted by molar-refractivity contribution is 7.17. The van der Waals surface area contributed by atoms with Gasteiger partial charge in [-0.05, 0) is 71.6 Å². The third-order valence-electron chi connectivity index (χ3n) is 5.66. The van der Waals surface area contributed by atoms with Crippen molar-refractivity contribution in [1.29, 1.82) is 0 Å². The predicted molar refractivity (Wildman–Crippen MR) is 130 cm³/mol. The fourth-order valence-corrected chi connectivity index (χ4v) is 4.85. The molecule has 3 aromatic carbocycles. The van der Waals surface area contributed by atoms with Gasteiger partial charge in [0.05, 0.1) is 17.6 Å². The van der Waals surface area contributed by atoms with E-state index in [-0.39, 0.29) is 0 Å². The van der Waals surface area contributed by atoms with Gasteiger partial charge in [-0.15, -0.1) is 11.3 Å². The molecule has 0 saturated heterocycles. The van der Waals surface area contributed by atoms with E-state index in [9.17, 15) is 4.79 Å². The van der Waals surface area contributed by atoms with Crippen LogP contribution in [0.2, 0.25) is 0 Å². The molecule has 0 amide bonds. The SMILES string of the molecule is CCc1ccc(Nc2nc3cc(C=O)ccc3n2Cc2csc3ccc(C)cc23)cc1. The zero-order chi connectivity index (χ0) is 21.4. The minimum absolute atomic E-state index is 0.632. The molecular formula is C26H23N3OS. The van der Waals surface area contributed by atoms with Crippen LogP contribution in [0.25, 0.3) is 21.1 Å². The van der Waals surface area contributed by atoms with Crippen LogP contribution in [0.4, 0.5) is 11.6 Å². The first kappa shape index (κ1) is 19.5. The maximum Gasteiger partial charge on any atom is 0.208 e. The molecule has 0 spiro atoms. The number of nitrogens with one attached hydrogen (secondary N) is 1. The highest BCUT2D eigenvalue weighted by Crippen LogP contribution is 2.31. The van der Waals surface area contributed by atoms with Gasteiger partial charge in [0.25, 0.3) is 0 Å². The van der Waals surface area contributed by atoms with Gasteiger partial charge < -0.3 is 9.88 Å². The van der Waals surface area contributed by atoms with E-state index in [0.29, 0.717) is 12.1 Å². The molecule has 5 aromatic rings. The van der Waals surface area contributed by atoms with Crippen molar-refractivity contribution < 1.29 is 4.79 Å². The number of anilines is 2.